The van der Waals surface area contributed by atoms with Gasteiger partial charge in [0.1, 0.15) is 0 Å². The summed E-state index contributed by atoms with van der Waals surface area (Å²) in [4.78, 5) is 0. The summed E-state index contributed by atoms with van der Waals surface area (Å²) < 4.78 is 1.04. The summed E-state index contributed by atoms with van der Waals surface area (Å²) in [6, 6.07) is 11.5. The smallest absolute Gasteiger partial charge is 0.0725 e. The van der Waals surface area contributed by atoms with E-state index in [1.165, 1.54) is 0 Å². The first-order valence-electron chi connectivity index (χ1n) is 5.74. The van der Waals surface area contributed by atoms with Crippen molar-refractivity contribution in [3.8, 4) is 0 Å². The molecule has 0 aliphatic heterocycles. The van der Waals surface area contributed by atoms with Crippen LogP contribution in [0.25, 0.3) is 0 Å². The summed E-state index contributed by atoms with van der Waals surface area (Å²) >= 11 is 15.8. The molecule has 0 amide bonds. The Labute approximate surface area is 131 Å². The lowest BCUT2D eigenvalue weighted by Crippen LogP contribution is -2.07. The highest BCUT2D eigenvalue weighted by molar-refractivity contribution is 9.10. The minimum Gasteiger partial charge on any atom is -0.399 e. The van der Waals surface area contributed by atoms with Crippen molar-refractivity contribution in [2.75, 3.05) is 11.1 Å². The third-order valence-electron chi connectivity index (χ3n) is 2.77. The van der Waals surface area contributed by atoms with Crippen molar-refractivity contribution in [1.29, 1.82) is 0 Å². The van der Waals surface area contributed by atoms with Crippen molar-refractivity contribution in [1.82, 2.24) is 0 Å². The van der Waals surface area contributed by atoms with Gasteiger partial charge in [0, 0.05) is 16.2 Å². The Hall–Kier alpha value is -0.900. The van der Waals surface area contributed by atoms with Gasteiger partial charge in [-0.25, -0.2) is 0 Å². The fraction of sp³-hybridized carbons (Fsp3) is 0.143. The van der Waals surface area contributed by atoms with E-state index in [2.05, 4.69) is 27.3 Å². The Morgan fingerprint density at radius 2 is 1.79 bits per heavy atom. The molecule has 0 fully saturated rings. The van der Waals surface area contributed by atoms with Crippen LogP contribution in [0.3, 0.4) is 0 Å². The molecule has 2 nitrogen and oxygen atoms in total. The monoisotopic (exact) mass is 358 g/mol. The van der Waals surface area contributed by atoms with Gasteiger partial charge in [-0.1, -0.05) is 51.3 Å². The molecular weight excluding hydrogens is 347 g/mol. The Morgan fingerprint density at radius 3 is 2.37 bits per heavy atom. The average molecular weight is 360 g/mol. The highest BCUT2D eigenvalue weighted by Gasteiger charge is 2.12. The Kier molecular flexibility index (Phi) is 4.61. The van der Waals surface area contributed by atoms with Crippen LogP contribution in [0, 0.1) is 0 Å². The molecule has 1 atom stereocenters. The fourth-order valence-corrected chi connectivity index (χ4v) is 2.84. The molecule has 19 heavy (non-hydrogen) atoms. The predicted molar refractivity (Wildman–Crippen MR) is 87.1 cm³/mol. The van der Waals surface area contributed by atoms with Crippen molar-refractivity contribution >= 4 is 50.5 Å². The van der Waals surface area contributed by atoms with Gasteiger partial charge in [0.15, 0.2) is 0 Å². The Bertz CT molecular complexity index is 579. The quantitative estimate of drug-likeness (QED) is 0.709. The maximum absolute atomic E-state index is 6.16. The van der Waals surface area contributed by atoms with Crippen molar-refractivity contribution in [3.05, 3.63) is 56.5 Å². The van der Waals surface area contributed by atoms with Crippen molar-refractivity contribution in [2.24, 2.45) is 0 Å². The zero-order chi connectivity index (χ0) is 14.0. The van der Waals surface area contributed by atoms with Crippen LogP contribution in [0.2, 0.25) is 10.0 Å². The summed E-state index contributed by atoms with van der Waals surface area (Å²) in [5.41, 5.74) is 8.08. The van der Waals surface area contributed by atoms with E-state index >= 15 is 0 Å². The summed E-state index contributed by atoms with van der Waals surface area (Å²) in [6.07, 6.45) is 0. The Morgan fingerprint density at radius 1 is 1.16 bits per heavy atom. The number of halogens is 3. The molecule has 0 aliphatic carbocycles. The summed E-state index contributed by atoms with van der Waals surface area (Å²) in [5, 5.41) is 4.35. The molecule has 0 radical (unpaired) electrons. The first kappa shape index (κ1) is 14.5. The van der Waals surface area contributed by atoms with Crippen molar-refractivity contribution in [2.45, 2.75) is 13.0 Å². The average Bonchev–Trinajstić information content (AvgIpc) is 2.33. The van der Waals surface area contributed by atoms with E-state index in [0.29, 0.717) is 21.4 Å². The van der Waals surface area contributed by atoms with E-state index < -0.39 is 0 Å². The predicted octanol–water partition coefficient (Wildman–Crippen LogP) is 5.51. The van der Waals surface area contributed by atoms with E-state index in [-0.39, 0.29) is 6.04 Å². The molecule has 3 N–H and O–H groups in total. The first-order chi connectivity index (χ1) is 8.97. The molecule has 0 saturated heterocycles. The summed E-state index contributed by atoms with van der Waals surface area (Å²) in [5.74, 6) is 0. The molecule has 2 rings (SSSR count). The lowest BCUT2D eigenvalue weighted by Gasteiger charge is -2.18. The van der Waals surface area contributed by atoms with Gasteiger partial charge in [-0.05, 0) is 36.8 Å². The van der Waals surface area contributed by atoms with Crippen LogP contribution >= 0.6 is 39.1 Å². The molecular formula is C14H13BrCl2N2. The fourth-order valence-electron chi connectivity index (χ4n) is 1.81. The minimum atomic E-state index is 0.0797. The van der Waals surface area contributed by atoms with Gasteiger partial charge in [0.25, 0.3) is 0 Å². The zero-order valence-electron chi connectivity index (χ0n) is 10.3. The van der Waals surface area contributed by atoms with Gasteiger partial charge in [0.05, 0.1) is 15.7 Å². The number of nitrogens with two attached hydrogens (primary N) is 1. The van der Waals surface area contributed by atoms with Gasteiger partial charge in [0.2, 0.25) is 0 Å². The minimum absolute atomic E-state index is 0.0797. The lowest BCUT2D eigenvalue weighted by molar-refractivity contribution is 0.884. The largest absolute Gasteiger partial charge is 0.399 e. The van der Waals surface area contributed by atoms with Crippen LogP contribution in [0.5, 0.6) is 0 Å². The van der Waals surface area contributed by atoms with Gasteiger partial charge in [-0.2, -0.15) is 0 Å². The van der Waals surface area contributed by atoms with E-state index in [9.17, 15) is 0 Å². The normalized spacial score (nSPS) is 12.2. The first-order valence-corrected chi connectivity index (χ1v) is 7.29. The van der Waals surface area contributed by atoms with E-state index in [0.717, 1.165) is 10.0 Å². The van der Waals surface area contributed by atoms with Crippen molar-refractivity contribution in [3.63, 3.8) is 0 Å². The molecule has 0 aliphatic rings. The molecule has 100 valence electrons. The maximum Gasteiger partial charge on any atom is 0.0725 e. The summed E-state index contributed by atoms with van der Waals surface area (Å²) in [6.45, 7) is 2.05. The van der Waals surface area contributed by atoms with Crippen LogP contribution in [0.15, 0.2) is 40.9 Å². The summed E-state index contributed by atoms with van der Waals surface area (Å²) in [7, 11) is 0. The number of benzene rings is 2. The van der Waals surface area contributed by atoms with Gasteiger partial charge >= 0.3 is 0 Å². The molecule has 2 aromatic rings. The second kappa shape index (κ2) is 6.04. The number of nitrogen functional groups attached to an aromatic ring is 1. The van der Waals surface area contributed by atoms with Crippen molar-refractivity contribution < 1.29 is 0 Å². The highest BCUT2D eigenvalue weighted by Crippen LogP contribution is 2.35. The molecule has 2 aromatic carbocycles. The zero-order valence-corrected chi connectivity index (χ0v) is 13.4. The SMILES string of the molecule is CC(Nc1c(Cl)cc(N)cc1Cl)c1cccc(Br)c1. The van der Waals surface area contributed by atoms with E-state index in [4.69, 9.17) is 28.9 Å². The van der Waals surface area contributed by atoms with Crippen LogP contribution in [-0.4, -0.2) is 0 Å². The molecule has 0 heterocycles. The van der Waals surface area contributed by atoms with Gasteiger partial charge in [-0.15, -0.1) is 0 Å². The van der Waals surface area contributed by atoms with Crippen LogP contribution in [0.1, 0.15) is 18.5 Å². The number of rotatable bonds is 3. The topological polar surface area (TPSA) is 38.0 Å². The maximum atomic E-state index is 6.16. The standard InChI is InChI=1S/C14H13BrCl2N2/c1-8(9-3-2-4-10(15)5-9)19-14-12(16)6-11(18)7-13(14)17/h2-8,19H,18H2,1H3. The van der Waals surface area contributed by atoms with Crippen LogP contribution < -0.4 is 11.1 Å². The second-order valence-electron chi connectivity index (χ2n) is 4.28. The Balaban J connectivity index is 2.26. The van der Waals surface area contributed by atoms with Crippen LogP contribution in [-0.2, 0) is 0 Å². The van der Waals surface area contributed by atoms with Crippen LogP contribution in [0.4, 0.5) is 11.4 Å². The number of hydrogen-bond acceptors (Lipinski definition) is 2. The number of anilines is 2. The molecule has 0 saturated carbocycles. The lowest BCUT2D eigenvalue weighted by atomic mass is 10.1. The molecule has 0 spiro atoms. The second-order valence-corrected chi connectivity index (χ2v) is 6.01. The molecule has 0 bridgehead atoms. The van der Waals surface area contributed by atoms with E-state index in [1.807, 2.05) is 25.1 Å². The molecule has 5 heteroatoms. The van der Waals surface area contributed by atoms with Gasteiger partial charge in [-0.3, -0.25) is 0 Å². The molecule has 0 aromatic heterocycles. The molecule has 1 unspecified atom stereocenters. The third-order valence-corrected chi connectivity index (χ3v) is 3.86. The number of nitrogens with one attached hydrogen (secondary N) is 1. The third kappa shape index (κ3) is 3.56. The number of hydrogen-bond donors (Lipinski definition) is 2. The van der Waals surface area contributed by atoms with Gasteiger partial charge < -0.3 is 11.1 Å². The van der Waals surface area contributed by atoms with E-state index in [1.54, 1.807) is 12.1 Å². The highest BCUT2D eigenvalue weighted by atomic mass is 79.9.